The lowest BCUT2D eigenvalue weighted by Crippen LogP contribution is -2.22. The van der Waals surface area contributed by atoms with E-state index in [2.05, 4.69) is 62.5 Å². The molecular formula is C17H25N3. The molecule has 1 heterocycles. The summed E-state index contributed by atoms with van der Waals surface area (Å²) < 4.78 is 1.92. The van der Waals surface area contributed by atoms with Gasteiger partial charge in [-0.1, -0.05) is 32.0 Å². The normalized spacial score (nSPS) is 12.7. The van der Waals surface area contributed by atoms with E-state index in [1.54, 1.807) is 0 Å². The van der Waals surface area contributed by atoms with Crippen LogP contribution in [0.2, 0.25) is 0 Å². The fourth-order valence-electron chi connectivity index (χ4n) is 2.62. The first-order chi connectivity index (χ1) is 9.56. The van der Waals surface area contributed by atoms with Crippen LogP contribution in [-0.4, -0.2) is 16.3 Å². The first-order valence-corrected chi connectivity index (χ1v) is 7.39. The molecule has 0 aliphatic heterocycles. The second-order valence-corrected chi connectivity index (χ2v) is 5.39. The van der Waals surface area contributed by atoms with Gasteiger partial charge in [0.15, 0.2) is 0 Å². The largest absolute Gasteiger partial charge is 0.306 e. The Labute approximate surface area is 122 Å². The van der Waals surface area contributed by atoms with Gasteiger partial charge in [-0.05, 0) is 43.5 Å². The number of hydrogen-bond acceptors (Lipinski definition) is 2. The topological polar surface area (TPSA) is 29.9 Å². The summed E-state index contributed by atoms with van der Waals surface area (Å²) in [5, 5.41) is 8.17. The molecule has 1 unspecified atom stereocenters. The van der Waals surface area contributed by atoms with Gasteiger partial charge >= 0.3 is 0 Å². The van der Waals surface area contributed by atoms with Crippen molar-refractivity contribution in [3.63, 3.8) is 0 Å². The number of benzene rings is 1. The fraction of sp³-hybridized carbons (Fsp3) is 0.471. The Morgan fingerprint density at radius 1 is 1.20 bits per heavy atom. The smallest absolute Gasteiger partial charge is 0.0673 e. The molecule has 3 heteroatoms. The maximum atomic E-state index is 4.57. The molecule has 1 aromatic heterocycles. The first kappa shape index (κ1) is 14.8. The number of nitrogens with one attached hydrogen (secondary N) is 1. The van der Waals surface area contributed by atoms with Gasteiger partial charge in [-0.3, -0.25) is 4.68 Å². The van der Waals surface area contributed by atoms with Crippen LogP contribution in [-0.2, 0) is 13.5 Å². The van der Waals surface area contributed by atoms with Crippen molar-refractivity contribution in [3.8, 4) is 0 Å². The number of rotatable bonds is 5. The average molecular weight is 271 g/mol. The molecule has 2 aromatic rings. The molecule has 0 bridgehead atoms. The highest BCUT2D eigenvalue weighted by molar-refractivity contribution is 5.38. The SMILES string of the molecule is CCNC(c1ccc(C)c(C)c1)c1cn(C)nc1CC. The Morgan fingerprint density at radius 2 is 1.95 bits per heavy atom. The van der Waals surface area contributed by atoms with Crippen LogP contribution in [0, 0.1) is 13.8 Å². The quantitative estimate of drug-likeness (QED) is 0.904. The Balaban J connectivity index is 2.46. The lowest BCUT2D eigenvalue weighted by atomic mass is 9.95. The standard InChI is InChI=1S/C17H25N3/c1-6-16-15(11-20(5)19-16)17(18-7-2)14-9-8-12(3)13(4)10-14/h8-11,17-18H,6-7H2,1-5H3. The van der Waals surface area contributed by atoms with E-state index in [0.717, 1.165) is 13.0 Å². The van der Waals surface area contributed by atoms with Crippen molar-refractivity contribution in [2.24, 2.45) is 7.05 Å². The molecule has 1 N–H and O–H groups in total. The molecule has 2 rings (SSSR count). The minimum Gasteiger partial charge on any atom is -0.306 e. The molecule has 0 spiro atoms. The first-order valence-electron chi connectivity index (χ1n) is 7.39. The molecule has 0 aliphatic rings. The van der Waals surface area contributed by atoms with Gasteiger partial charge in [-0.15, -0.1) is 0 Å². The predicted octanol–water partition coefficient (Wildman–Crippen LogP) is 3.30. The van der Waals surface area contributed by atoms with Crippen LogP contribution in [0.3, 0.4) is 0 Å². The summed E-state index contributed by atoms with van der Waals surface area (Å²) in [6.45, 7) is 9.58. The van der Waals surface area contributed by atoms with Crippen molar-refractivity contribution < 1.29 is 0 Å². The molecule has 0 saturated heterocycles. The zero-order chi connectivity index (χ0) is 14.7. The monoisotopic (exact) mass is 271 g/mol. The summed E-state index contributed by atoms with van der Waals surface area (Å²) >= 11 is 0. The van der Waals surface area contributed by atoms with Crippen molar-refractivity contribution in [1.82, 2.24) is 15.1 Å². The van der Waals surface area contributed by atoms with Crippen LogP contribution in [0.15, 0.2) is 24.4 Å². The van der Waals surface area contributed by atoms with Crippen molar-refractivity contribution in [2.45, 2.75) is 40.2 Å². The molecule has 0 saturated carbocycles. The molecule has 20 heavy (non-hydrogen) atoms. The molecule has 0 fully saturated rings. The van der Waals surface area contributed by atoms with Gasteiger partial charge < -0.3 is 5.32 Å². The molecular weight excluding hydrogens is 246 g/mol. The summed E-state index contributed by atoms with van der Waals surface area (Å²) in [7, 11) is 1.99. The van der Waals surface area contributed by atoms with E-state index in [4.69, 9.17) is 0 Å². The third-order valence-corrected chi connectivity index (χ3v) is 3.86. The van der Waals surface area contributed by atoms with Crippen LogP contribution in [0.25, 0.3) is 0 Å². The Hall–Kier alpha value is -1.61. The summed E-state index contributed by atoms with van der Waals surface area (Å²) in [5.74, 6) is 0. The Morgan fingerprint density at radius 3 is 2.55 bits per heavy atom. The van der Waals surface area contributed by atoms with Crippen molar-refractivity contribution >= 4 is 0 Å². The molecule has 0 aliphatic carbocycles. The maximum absolute atomic E-state index is 4.57. The molecule has 0 radical (unpaired) electrons. The summed E-state index contributed by atoms with van der Waals surface area (Å²) in [6, 6.07) is 6.94. The van der Waals surface area contributed by atoms with E-state index in [1.807, 2.05) is 11.7 Å². The van der Waals surface area contributed by atoms with Gasteiger partial charge in [0.1, 0.15) is 0 Å². The molecule has 3 nitrogen and oxygen atoms in total. The second kappa shape index (κ2) is 6.23. The van der Waals surface area contributed by atoms with E-state index < -0.39 is 0 Å². The van der Waals surface area contributed by atoms with Gasteiger partial charge in [0.05, 0.1) is 11.7 Å². The van der Waals surface area contributed by atoms with Gasteiger partial charge in [-0.25, -0.2) is 0 Å². The van der Waals surface area contributed by atoms with Gasteiger partial charge in [-0.2, -0.15) is 5.10 Å². The molecule has 1 atom stereocenters. The van der Waals surface area contributed by atoms with Crippen LogP contribution in [0.4, 0.5) is 0 Å². The number of nitrogens with zero attached hydrogens (tertiary/aromatic N) is 2. The van der Waals surface area contributed by atoms with Gasteiger partial charge in [0.25, 0.3) is 0 Å². The van der Waals surface area contributed by atoms with Crippen LogP contribution < -0.4 is 5.32 Å². The third kappa shape index (κ3) is 2.93. The van der Waals surface area contributed by atoms with E-state index in [0.29, 0.717) is 0 Å². The third-order valence-electron chi connectivity index (χ3n) is 3.86. The Bertz CT molecular complexity index is 584. The summed E-state index contributed by atoms with van der Waals surface area (Å²) in [5.41, 5.74) is 6.47. The minimum atomic E-state index is 0.225. The summed E-state index contributed by atoms with van der Waals surface area (Å²) in [6.07, 6.45) is 3.10. The van der Waals surface area contributed by atoms with E-state index in [9.17, 15) is 0 Å². The lowest BCUT2D eigenvalue weighted by molar-refractivity contribution is 0.625. The number of hydrogen-bond donors (Lipinski definition) is 1. The van der Waals surface area contributed by atoms with Gasteiger partial charge in [0.2, 0.25) is 0 Å². The zero-order valence-corrected chi connectivity index (χ0v) is 13.2. The van der Waals surface area contributed by atoms with Crippen LogP contribution in [0.5, 0.6) is 0 Å². The zero-order valence-electron chi connectivity index (χ0n) is 13.2. The van der Waals surface area contributed by atoms with Gasteiger partial charge in [0, 0.05) is 18.8 Å². The highest BCUT2D eigenvalue weighted by atomic mass is 15.3. The van der Waals surface area contributed by atoms with Crippen molar-refractivity contribution in [1.29, 1.82) is 0 Å². The average Bonchev–Trinajstić information content (AvgIpc) is 2.80. The maximum Gasteiger partial charge on any atom is 0.0673 e. The second-order valence-electron chi connectivity index (χ2n) is 5.39. The van der Waals surface area contributed by atoms with E-state index in [-0.39, 0.29) is 6.04 Å². The van der Waals surface area contributed by atoms with Crippen molar-refractivity contribution in [2.75, 3.05) is 6.54 Å². The highest BCUT2D eigenvalue weighted by Crippen LogP contribution is 2.26. The van der Waals surface area contributed by atoms with Crippen LogP contribution >= 0.6 is 0 Å². The van der Waals surface area contributed by atoms with E-state index in [1.165, 1.54) is 27.9 Å². The predicted molar refractivity (Wildman–Crippen MR) is 84.0 cm³/mol. The lowest BCUT2D eigenvalue weighted by Gasteiger charge is -2.19. The van der Waals surface area contributed by atoms with Crippen LogP contribution in [0.1, 0.15) is 47.8 Å². The van der Waals surface area contributed by atoms with E-state index >= 15 is 0 Å². The van der Waals surface area contributed by atoms with Crippen molar-refractivity contribution in [3.05, 3.63) is 52.3 Å². The summed E-state index contributed by atoms with van der Waals surface area (Å²) in [4.78, 5) is 0. The highest BCUT2D eigenvalue weighted by Gasteiger charge is 2.19. The molecule has 0 amide bonds. The molecule has 108 valence electrons. The number of aryl methyl sites for hydroxylation is 4. The molecule has 1 aromatic carbocycles. The minimum absolute atomic E-state index is 0.225. The number of aromatic nitrogens is 2. The fourth-order valence-corrected chi connectivity index (χ4v) is 2.62. The Kier molecular flexibility index (Phi) is 4.61.